The van der Waals surface area contributed by atoms with Crippen LogP contribution in [0.15, 0.2) is 47.4 Å². The van der Waals surface area contributed by atoms with Crippen molar-refractivity contribution in [3.05, 3.63) is 53.6 Å². The topological polar surface area (TPSA) is 287 Å². The van der Waals surface area contributed by atoms with Crippen LogP contribution in [-0.4, -0.2) is 128 Å². The zero-order chi connectivity index (χ0) is 38.3. The van der Waals surface area contributed by atoms with Crippen LogP contribution >= 0.6 is 0 Å². The number of rotatable bonds is 11. The number of nitrogens with one attached hydrogen (secondary N) is 2. The van der Waals surface area contributed by atoms with Gasteiger partial charge in [0.25, 0.3) is 0 Å². The van der Waals surface area contributed by atoms with Crippen LogP contribution in [0.3, 0.4) is 0 Å². The van der Waals surface area contributed by atoms with Gasteiger partial charge in [0.05, 0.1) is 23.4 Å². The van der Waals surface area contributed by atoms with E-state index < -0.39 is 81.0 Å². The van der Waals surface area contributed by atoms with Crippen molar-refractivity contribution in [3.8, 4) is 0 Å². The standard InChI is InChI=1S/C31H45N3O12S2.C2H6O.K.H2O/c1-5-7-13-31(6-2)17-47(40,41)23-12-11-20(34(3)4)15-21(23)24(28(31)38)18-9-8-10-19(14-18)32-30(39)33-29-27(37)26(36)25(35)22(46-29)16-45-48(42,43)44;1-2-3;;/h8-12,14-15,22,24-29,35-38H,5-7,13,16-17H2,1-4H3,(H2,32,33,39)(H,42,43,44);3H,2H2,1H3;;1H2/q;;+1;/p-1/t22-,24-,25-,26+,27-,28-,29-,31-;;;/m1.../s1. The second-order valence-corrected chi connectivity index (χ2v) is 15.9. The predicted molar refractivity (Wildman–Crippen MR) is 190 cm³/mol. The van der Waals surface area contributed by atoms with Crippen LogP contribution in [0.4, 0.5) is 16.2 Å². The fraction of sp³-hybridized carbons (Fsp3) is 0.606. The minimum Gasteiger partial charge on any atom is -0.726 e. The maximum absolute atomic E-state index is 13.9. The van der Waals surface area contributed by atoms with Crippen LogP contribution in [0.25, 0.3) is 0 Å². The molecule has 2 aromatic carbocycles. The normalized spacial score (nSPS) is 27.6. The molecular formula is C33H52KN3O14S2. The van der Waals surface area contributed by atoms with Crippen molar-refractivity contribution in [1.82, 2.24) is 5.32 Å². The number of aliphatic hydroxyl groups excluding tert-OH is 5. The summed E-state index contributed by atoms with van der Waals surface area (Å²) in [6.45, 7) is 4.83. The molecule has 17 nitrogen and oxygen atoms in total. The number of hydrogen-bond donors (Lipinski definition) is 7. The summed E-state index contributed by atoms with van der Waals surface area (Å²) < 4.78 is 69.9. The number of carbonyl (C=O) groups excluding carboxylic acids is 1. The number of fused-ring (bicyclic) bond motifs is 1. The minimum absolute atomic E-state index is 0. The largest absolute Gasteiger partial charge is 1.00 e. The quantitative estimate of drug-likeness (QED) is 0.0686. The molecule has 0 unspecified atom stereocenters. The van der Waals surface area contributed by atoms with E-state index >= 15 is 0 Å². The first-order valence-electron chi connectivity index (χ1n) is 16.6. The fourth-order valence-corrected chi connectivity index (χ4v) is 9.02. The third-order valence-corrected chi connectivity index (χ3v) is 11.6. The van der Waals surface area contributed by atoms with Crippen molar-refractivity contribution in [3.63, 3.8) is 0 Å². The van der Waals surface area contributed by atoms with E-state index in [0.29, 0.717) is 30.4 Å². The Morgan fingerprint density at radius 1 is 1.06 bits per heavy atom. The predicted octanol–water partition coefficient (Wildman–Crippen LogP) is -2.80. The summed E-state index contributed by atoms with van der Waals surface area (Å²) >= 11 is 0. The number of benzene rings is 2. The number of carbonyl (C=O) groups is 1. The van der Waals surface area contributed by atoms with Crippen molar-refractivity contribution in [2.75, 3.05) is 43.3 Å². The smallest absolute Gasteiger partial charge is 0.726 e. The number of nitrogens with zero attached hydrogens (tertiary/aromatic N) is 1. The summed E-state index contributed by atoms with van der Waals surface area (Å²) in [5.74, 6) is -1.02. The molecule has 2 amide bonds. The Labute approximate surface area is 353 Å². The van der Waals surface area contributed by atoms with Crippen LogP contribution in [-0.2, 0) is 29.2 Å². The molecule has 9 N–H and O–H groups in total. The number of sulfone groups is 1. The van der Waals surface area contributed by atoms with E-state index in [-0.39, 0.29) is 79.8 Å². The molecule has 0 bridgehead atoms. The Bertz CT molecular complexity index is 1700. The maximum Gasteiger partial charge on any atom is 1.00 e. The minimum atomic E-state index is -5.16. The average Bonchev–Trinajstić information content (AvgIpc) is 3.13. The van der Waals surface area contributed by atoms with Crippen molar-refractivity contribution < 1.29 is 117 Å². The van der Waals surface area contributed by atoms with Crippen LogP contribution in [0.2, 0.25) is 0 Å². The van der Waals surface area contributed by atoms with E-state index in [2.05, 4.69) is 14.8 Å². The summed E-state index contributed by atoms with van der Waals surface area (Å²) in [6, 6.07) is 10.7. The Morgan fingerprint density at radius 2 is 1.70 bits per heavy atom. The average molecular weight is 818 g/mol. The van der Waals surface area contributed by atoms with Crippen molar-refractivity contribution >= 4 is 37.6 Å². The summed E-state index contributed by atoms with van der Waals surface area (Å²) in [5, 5.41) is 55.4. The molecule has 1 fully saturated rings. The van der Waals surface area contributed by atoms with Crippen molar-refractivity contribution in [2.45, 2.75) is 94.0 Å². The monoisotopic (exact) mass is 817 g/mol. The van der Waals surface area contributed by atoms with Gasteiger partial charge in [0.15, 0.2) is 16.1 Å². The third-order valence-electron chi connectivity index (χ3n) is 9.20. The van der Waals surface area contributed by atoms with E-state index in [4.69, 9.17) is 9.84 Å². The molecule has 0 aromatic heterocycles. The van der Waals surface area contributed by atoms with Gasteiger partial charge in [0.2, 0.25) is 10.4 Å². The maximum atomic E-state index is 13.9. The summed E-state index contributed by atoms with van der Waals surface area (Å²) in [5.41, 5.74) is 0.980. The zero-order valence-electron chi connectivity index (χ0n) is 30.8. The van der Waals surface area contributed by atoms with Crippen LogP contribution in [0, 0.1) is 5.41 Å². The summed E-state index contributed by atoms with van der Waals surface area (Å²) in [7, 11) is -5.33. The fourth-order valence-electron chi connectivity index (χ4n) is 6.47. The molecule has 20 heteroatoms. The second-order valence-electron chi connectivity index (χ2n) is 12.9. The molecule has 2 aromatic rings. The Balaban J connectivity index is 0.00000271. The molecule has 0 radical (unpaired) electrons. The number of ether oxygens (including phenoxy) is 1. The molecule has 8 atom stereocenters. The molecule has 53 heavy (non-hydrogen) atoms. The van der Waals surface area contributed by atoms with Gasteiger partial charge < -0.3 is 55.8 Å². The first kappa shape index (κ1) is 49.7. The Kier molecular flexibility index (Phi) is 20.0. The first-order valence-corrected chi connectivity index (χ1v) is 19.6. The summed E-state index contributed by atoms with van der Waals surface area (Å²) in [4.78, 5) is 15.0. The van der Waals surface area contributed by atoms with Crippen molar-refractivity contribution in [2.24, 2.45) is 5.41 Å². The zero-order valence-corrected chi connectivity index (χ0v) is 35.6. The Hall–Kier alpha value is -1.31. The third kappa shape index (κ3) is 12.6. The number of amides is 2. The van der Waals surface area contributed by atoms with E-state index in [1.54, 1.807) is 49.4 Å². The van der Waals surface area contributed by atoms with Gasteiger partial charge in [-0.3, -0.25) is 4.18 Å². The van der Waals surface area contributed by atoms with Gasteiger partial charge >= 0.3 is 57.4 Å². The number of unbranched alkanes of at least 4 members (excludes halogenated alkanes) is 1. The number of aliphatic hydroxyl groups is 5. The number of urea groups is 1. The number of anilines is 2. The summed E-state index contributed by atoms with van der Waals surface area (Å²) in [6.07, 6.45) is -7.48. The molecular weight excluding hydrogens is 766 g/mol. The van der Waals surface area contributed by atoms with Gasteiger partial charge in [-0.2, -0.15) is 0 Å². The molecule has 0 spiro atoms. The van der Waals surface area contributed by atoms with Gasteiger partial charge in [-0.15, -0.1) is 0 Å². The van der Waals surface area contributed by atoms with Crippen LogP contribution < -0.4 is 66.9 Å². The molecule has 2 aliphatic rings. The molecule has 4 rings (SSSR count). The Morgan fingerprint density at radius 3 is 2.26 bits per heavy atom. The van der Waals surface area contributed by atoms with E-state index in [9.17, 15) is 46.6 Å². The van der Waals surface area contributed by atoms with Gasteiger partial charge in [-0.1, -0.05) is 38.8 Å². The molecule has 2 aliphatic heterocycles. The molecule has 1 saturated heterocycles. The molecule has 0 saturated carbocycles. The van der Waals surface area contributed by atoms with E-state index in [0.717, 1.165) is 12.1 Å². The van der Waals surface area contributed by atoms with Crippen LogP contribution in [0.1, 0.15) is 63.5 Å². The second kappa shape index (κ2) is 21.3. The SMILES string of the molecule is CCCC[C@]1(CC)CS(=O)(=O)c2ccc(N(C)C)cc2[C@@H](c2cccc(NC(=O)N[C@@H]3O[C@H](COS(=O)(=O)[O-])[C@@H](O)[C@H](O)[C@H]3O)c2)[C@H]1O.CCO.O.[K+]. The first-order chi connectivity index (χ1) is 23.8. The molecule has 0 aliphatic carbocycles. The molecule has 296 valence electrons. The molecule has 2 heterocycles. The van der Waals surface area contributed by atoms with Gasteiger partial charge in [0, 0.05) is 43.4 Å². The van der Waals surface area contributed by atoms with Crippen molar-refractivity contribution in [1.29, 1.82) is 0 Å². The van der Waals surface area contributed by atoms with Gasteiger partial charge in [0.1, 0.15) is 24.4 Å². The van der Waals surface area contributed by atoms with E-state index in [1.165, 1.54) is 0 Å². The number of hydrogen-bond acceptors (Lipinski definition) is 14. The van der Waals surface area contributed by atoms with Gasteiger partial charge in [-0.25, -0.2) is 21.6 Å². The van der Waals surface area contributed by atoms with E-state index in [1.807, 2.05) is 32.8 Å². The van der Waals surface area contributed by atoms with Gasteiger partial charge in [-0.05, 0) is 61.2 Å². The van der Waals surface area contributed by atoms with Crippen LogP contribution in [0.5, 0.6) is 0 Å².